The van der Waals surface area contributed by atoms with Crippen LogP contribution in [-0.4, -0.2) is 24.7 Å². The Hall–Kier alpha value is -2.33. The number of amides is 1. The number of nitrogens with one attached hydrogen (secondary N) is 1. The van der Waals surface area contributed by atoms with Crippen molar-refractivity contribution in [3.05, 3.63) is 65.2 Å². The Morgan fingerprint density at radius 1 is 1.04 bits per heavy atom. The molecule has 0 aromatic heterocycles. The number of benzene rings is 2. The molecule has 134 valence electrons. The lowest BCUT2D eigenvalue weighted by atomic mass is 10.0. The third-order valence-electron chi connectivity index (χ3n) is 4.28. The first-order valence-electron chi connectivity index (χ1n) is 8.67. The van der Waals surface area contributed by atoms with E-state index in [1.54, 1.807) is 31.4 Å². The summed E-state index contributed by atoms with van der Waals surface area (Å²) >= 11 is 0. The lowest BCUT2D eigenvalue weighted by Crippen LogP contribution is -2.28. The maximum atomic E-state index is 12.0. The Labute approximate surface area is 149 Å². The normalized spacial score (nSPS) is 12.0. The first-order chi connectivity index (χ1) is 12.0. The van der Waals surface area contributed by atoms with E-state index in [1.807, 2.05) is 0 Å². The second-order valence-electron chi connectivity index (χ2n) is 6.49. The summed E-state index contributed by atoms with van der Waals surface area (Å²) in [6, 6.07) is 15.6. The number of carbonyl (C=O) groups excluding carboxylic acids is 1. The van der Waals surface area contributed by atoms with Gasteiger partial charge in [-0.25, -0.2) is 0 Å². The van der Waals surface area contributed by atoms with Crippen LogP contribution in [0.5, 0.6) is 5.75 Å². The van der Waals surface area contributed by atoms with Gasteiger partial charge in [0, 0.05) is 13.0 Å². The zero-order valence-corrected chi connectivity index (χ0v) is 15.2. The minimum atomic E-state index is -0.722. The van der Waals surface area contributed by atoms with Gasteiger partial charge in [0.15, 0.2) is 0 Å². The number of carbonyl (C=O) groups is 1. The molecule has 0 aliphatic carbocycles. The van der Waals surface area contributed by atoms with E-state index >= 15 is 0 Å². The van der Waals surface area contributed by atoms with Gasteiger partial charge in [-0.1, -0.05) is 50.2 Å². The minimum Gasteiger partial charge on any atom is -0.497 e. The van der Waals surface area contributed by atoms with Gasteiger partial charge in [0.05, 0.1) is 13.2 Å². The van der Waals surface area contributed by atoms with Crippen LogP contribution in [0.1, 0.15) is 49.0 Å². The summed E-state index contributed by atoms with van der Waals surface area (Å²) in [4.78, 5) is 12.0. The van der Waals surface area contributed by atoms with Crippen molar-refractivity contribution in [2.75, 3.05) is 13.7 Å². The molecule has 2 aromatic carbocycles. The van der Waals surface area contributed by atoms with Crippen LogP contribution >= 0.6 is 0 Å². The zero-order valence-electron chi connectivity index (χ0n) is 15.2. The Kier molecular flexibility index (Phi) is 7.02. The first kappa shape index (κ1) is 19.0. The standard InChI is InChI=1S/C21H27NO3/c1-15(2)17-7-4-16(5-8-17)6-13-21(24)22-14-20(23)18-9-11-19(25-3)12-10-18/h4-5,7-12,15,20,23H,6,13-14H2,1-3H3,(H,22,24). The zero-order chi connectivity index (χ0) is 18.2. The van der Waals surface area contributed by atoms with Crippen molar-refractivity contribution >= 4 is 5.91 Å². The lowest BCUT2D eigenvalue weighted by molar-refractivity contribution is -0.121. The predicted octanol–water partition coefficient (Wildman–Crippen LogP) is 3.60. The Morgan fingerprint density at radius 3 is 2.20 bits per heavy atom. The summed E-state index contributed by atoms with van der Waals surface area (Å²) in [6.07, 6.45) is 0.388. The van der Waals surface area contributed by atoms with Gasteiger partial charge in [0.1, 0.15) is 5.75 Å². The number of aliphatic hydroxyl groups excluding tert-OH is 1. The highest BCUT2D eigenvalue weighted by Gasteiger charge is 2.10. The van der Waals surface area contributed by atoms with E-state index in [2.05, 4.69) is 43.4 Å². The van der Waals surface area contributed by atoms with Crippen molar-refractivity contribution in [2.24, 2.45) is 0 Å². The number of hydrogen-bond acceptors (Lipinski definition) is 3. The Balaban J connectivity index is 1.75. The van der Waals surface area contributed by atoms with Crippen LogP contribution in [0.2, 0.25) is 0 Å². The molecule has 0 saturated carbocycles. The fourth-order valence-corrected chi connectivity index (χ4v) is 2.57. The van der Waals surface area contributed by atoms with Crippen molar-refractivity contribution in [2.45, 2.75) is 38.7 Å². The van der Waals surface area contributed by atoms with Crippen molar-refractivity contribution in [1.82, 2.24) is 5.32 Å². The van der Waals surface area contributed by atoms with Crippen molar-refractivity contribution in [1.29, 1.82) is 0 Å². The smallest absolute Gasteiger partial charge is 0.220 e. The number of rotatable bonds is 8. The second-order valence-corrected chi connectivity index (χ2v) is 6.49. The van der Waals surface area contributed by atoms with Crippen LogP contribution < -0.4 is 10.1 Å². The summed E-state index contributed by atoms with van der Waals surface area (Å²) in [5, 5.41) is 12.9. The third kappa shape index (κ3) is 5.91. The van der Waals surface area contributed by atoms with Gasteiger partial charge in [-0.15, -0.1) is 0 Å². The van der Waals surface area contributed by atoms with Gasteiger partial charge in [0.25, 0.3) is 0 Å². The molecule has 25 heavy (non-hydrogen) atoms. The fraction of sp³-hybridized carbons (Fsp3) is 0.381. The molecular weight excluding hydrogens is 314 g/mol. The number of methoxy groups -OCH3 is 1. The quantitative estimate of drug-likeness (QED) is 0.771. The predicted molar refractivity (Wildman–Crippen MR) is 99.8 cm³/mol. The molecule has 0 spiro atoms. The average Bonchev–Trinajstić information content (AvgIpc) is 2.64. The van der Waals surface area contributed by atoms with Crippen molar-refractivity contribution in [3.63, 3.8) is 0 Å². The maximum Gasteiger partial charge on any atom is 0.220 e. The molecule has 4 heteroatoms. The number of aryl methyl sites for hydroxylation is 1. The lowest BCUT2D eigenvalue weighted by Gasteiger charge is -2.13. The Bertz CT molecular complexity index is 663. The van der Waals surface area contributed by atoms with E-state index < -0.39 is 6.10 Å². The molecule has 0 heterocycles. The number of ether oxygens (including phenoxy) is 1. The molecule has 0 saturated heterocycles. The molecule has 1 amide bonds. The van der Waals surface area contributed by atoms with Gasteiger partial charge < -0.3 is 15.2 Å². The summed E-state index contributed by atoms with van der Waals surface area (Å²) < 4.78 is 5.09. The molecule has 4 nitrogen and oxygen atoms in total. The molecule has 1 atom stereocenters. The summed E-state index contributed by atoms with van der Waals surface area (Å²) in [7, 11) is 1.60. The van der Waals surface area contributed by atoms with Crippen LogP contribution in [0.25, 0.3) is 0 Å². The van der Waals surface area contributed by atoms with E-state index in [0.717, 1.165) is 16.9 Å². The highest BCUT2D eigenvalue weighted by molar-refractivity contribution is 5.76. The van der Waals surface area contributed by atoms with E-state index in [1.165, 1.54) is 5.56 Å². The van der Waals surface area contributed by atoms with Crippen LogP contribution in [0.4, 0.5) is 0 Å². The fourth-order valence-electron chi connectivity index (χ4n) is 2.57. The molecule has 2 rings (SSSR count). The molecule has 2 N–H and O–H groups in total. The van der Waals surface area contributed by atoms with Crippen LogP contribution in [0.15, 0.2) is 48.5 Å². The van der Waals surface area contributed by atoms with Gasteiger partial charge in [-0.3, -0.25) is 4.79 Å². The van der Waals surface area contributed by atoms with Crippen molar-refractivity contribution < 1.29 is 14.6 Å². The van der Waals surface area contributed by atoms with E-state index in [9.17, 15) is 9.90 Å². The molecule has 1 unspecified atom stereocenters. The molecular formula is C21H27NO3. The van der Waals surface area contributed by atoms with Crippen LogP contribution in [0.3, 0.4) is 0 Å². The molecule has 0 fully saturated rings. The van der Waals surface area contributed by atoms with Gasteiger partial charge >= 0.3 is 0 Å². The highest BCUT2D eigenvalue weighted by atomic mass is 16.5. The summed E-state index contributed by atoms with van der Waals surface area (Å²) in [5.41, 5.74) is 3.21. The van der Waals surface area contributed by atoms with Crippen LogP contribution in [-0.2, 0) is 11.2 Å². The highest BCUT2D eigenvalue weighted by Crippen LogP contribution is 2.17. The van der Waals surface area contributed by atoms with E-state index in [0.29, 0.717) is 18.8 Å². The van der Waals surface area contributed by atoms with E-state index in [-0.39, 0.29) is 12.5 Å². The largest absolute Gasteiger partial charge is 0.497 e. The average molecular weight is 341 g/mol. The number of hydrogen-bond donors (Lipinski definition) is 2. The summed E-state index contributed by atoms with van der Waals surface area (Å²) in [6.45, 7) is 4.53. The minimum absolute atomic E-state index is 0.0551. The molecule has 0 bridgehead atoms. The van der Waals surface area contributed by atoms with Gasteiger partial charge in [-0.05, 0) is 41.2 Å². The third-order valence-corrected chi connectivity index (χ3v) is 4.28. The first-order valence-corrected chi connectivity index (χ1v) is 8.67. The summed E-state index contributed by atoms with van der Waals surface area (Å²) in [5.74, 6) is 1.20. The topological polar surface area (TPSA) is 58.6 Å². The number of aliphatic hydroxyl groups is 1. The van der Waals surface area contributed by atoms with Crippen molar-refractivity contribution in [3.8, 4) is 5.75 Å². The molecule has 2 aromatic rings. The molecule has 0 aliphatic heterocycles. The maximum absolute atomic E-state index is 12.0. The van der Waals surface area contributed by atoms with E-state index in [4.69, 9.17) is 4.74 Å². The second kappa shape index (κ2) is 9.23. The Morgan fingerprint density at radius 2 is 1.64 bits per heavy atom. The SMILES string of the molecule is COc1ccc(C(O)CNC(=O)CCc2ccc(C(C)C)cc2)cc1. The molecule has 0 radical (unpaired) electrons. The van der Waals surface area contributed by atoms with Gasteiger partial charge in [0.2, 0.25) is 5.91 Å². The monoisotopic (exact) mass is 341 g/mol. The van der Waals surface area contributed by atoms with Gasteiger partial charge in [-0.2, -0.15) is 0 Å². The van der Waals surface area contributed by atoms with Crippen LogP contribution in [0, 0.1) is 0 Å². The molecule has 0 aliphatic rings.